The van der Waals surface area contributed by atoms with E-state index in [1.165, 1.54) is 6.07 Å². The van der Waals surface area contributed by atoms with E-state index in [1.54, 1.807) is 54.5 Å². The molecule has 2 saturated heterocycles. The van der Waals surface area contributed by atoms with Crippen LogP contribution in [0.3, 0.4) is 0 Å². The summed E-state index contributed by atoms with van der Waals surface area (Å²) in [4.78, 5) is 37.3. The molecule has 2 N–H and O–H groups in total. The van der Waals surface area contributed by atoms with Gasteiger partial charge in [-0.25, -0.2) is 14.3 Å². The number of rotatable bonds is 12. The Hall–Kier alpha value is -2.24. The molecule has 0 saturated carbocycles. The van der Waals surface area contributed by atoms with Crippen LogP contribution in [0.25, 0.3) is 0 Å². The molecule has 2 aliphatic heterocycles. The first kappa shape index (κ1) is 34.3. The lowest BCUT2D eigenvalue weighted by atomic mass is 9.99. The fourth-order valence-corrected chi connectivity index (χ4v) is 5.46. The van der Waals surface area contributed by atoms with Crippen LogP contribution in [-0.4, -0.2) is 81.4 Å². The van der Waals surface area contributed by atoms with Gasteiger partial charge in [0.2, 0.25) is 5.76 Å². The van der Waals surface area contributed by atoms with Gasteiger partial charge in [-0.05, 0) is 68.6 Å². The van der Waals surface area contributed by atoms with E-state index in [9.17, 15) is 22.8 Å². The summed E-state index contributed by atoms with van der Waals surface area (Å²) in [5, 5.41) is 2.43. The molecule has 42 heavy (non-hydrogen) atoms. The number of fused-ring (bicyclic) bond motifs is 1. The van der Waals surface area contributed by atoms with Crippen LogP contribution in [0.2, 0.25) is 0 Å². The summed E-state index contributed by atoms with van der Waals surface area (Å²) in [5.41, 5.74) is -0.814. The quantitative estimate of drug-likeness (QED) is 0.308. The highest BCUT2D eigenvalue weighted by Gasteiger charge is 2.55. The maximum atomic E-state index is 12.9. The molecule has 0 aliphatic carbocycles. The van der Waals surface area contributed by atoms with Crippen LogP contribution in [0, 0.1) is 5.92 Å². The first-order chi connectivity index (χ1) is 19.4. The minimum absolute atomic E-state index is 0.0294. The molecule has 2 amide bonds. The molecule has 2 aliphatic rings. The van der Waals surface area contributed by atoms with Gasteiger partial charge in [0.25, 0.3) is 5.91 Å². The Kier molecular flexibility index (Phi) is 11.1. The number of amides is 2. The van der Waals surface area contributed by atoms with Gasteiger partial charge in [-0.3, -0.25) is 8.98 Å². The van der Waals surface area contributed by atoms with E-state index >= 15 is 0 Å². The number of esters is 1. The van der Waals surface area contributed by atoms with Gasteiger partial charge in [0, 0.05) is 6.42 Å². The molecule has 1 aromatic heterocycles. The molecule has 16 heteroatoms. The van der Waals surface area contributed by atoms with Crippen LogP contribution in [0.4, 0.5) is 4.79 Å². The Morgan fingerprint density at radius 3 is 2.33 bits per heavy atom. The van der Waals surface area contributed by atoms with Crippen molar-refractivity contribution in [1.29, 1.82) is 0 Å². The number of halogens is 1. The monoisotopic (exact) mass is 682 g/mol. The zero-order valence-corrected chi connectivity index (χ0v) is 27.0. The largest absolute Gasteiger partial charge is 0.460 e. The lowest BCUT2D eigenvalue weighted by Crippen LogP contribution is -2.52. The number of carbonyl (C=O) groups is 3. The number of hydrogen-bond donors (Lipinski definition) is 2. The third-order valence-corrected chi connectivity index (χ3v) is 7.76. The summed E-state index contributed by atoms with van der Waals surface area (Å²) < 4.78 is 66.3. The summed E-state index contributed by atoms with van der Waals surface area (Å²) in [7, 11) is -4.61. The van der Waals surface area contributed by atoms with E-state index in [0.717, 1.165) is 0 Å². The summed E-state index contributed by atoms with van der Waals surface area (Å²) in [6.45, 7) is 11.4. The van der Waals surface area contributed by atoms with Gasteiger partial charge in [0.15, 0.2) is 10.5 Å². The van der Waals surface area contributed by atoms with Crippen LogP contribution >= 0.6 is 15.9 Å². The zero-order chi connectivity index (χ0) is 31.5. The fraction of sp³-hybridized carbons (Fsp3) is 0.731. The Labute approximate surface area is 253 Å². The zero-order valence-electron chi connectivity index (χ0n) is 24.6. The lowest BCUT2D eigenvalue weighted by molar-refractivity contribution is -0.190. The molecule has 1 aromatic rings. The highest BCUT2D eigenvalue weighted by atomic mass is 79.9. The van der Waals surface area contributed by atoms with Crippen molar-refractivity contribution in [2.75, 3.05) is 13.2 Å². The second kappa shape index (κ2) is 13.6. The van der Waals surface area contributed by atoms with Gasteiger partial charge in [-0.15, -0.1) is 0 Å². The second-order valence-electron chi connectivity index (χ2n) is 11.5. The standard InChI is InChI=1S/C26H39BrN2O12S/c1-8-14(2)19(28-24(32)41-25(3,4)5)22(30)29-42(33,34)36-13-17-21-20(39-26(6,7)40-21)15(37-17)11-12-35-23(31)16-9-10-18(27)38-16/h9-10,14-15,17,19-21H,8,11-13H2,1-7H3,(H,28,32)(H,29,30). The Balaban J connectivity index is 1.58. The molecular formula is C26H39BrN2O12S. The van der Waals surface area contributed by atoms with Crippen LogP contribution in [0.1, 0.15) is 71.9 Å². The number of nitrogens with one attached hydrogen (secondary N) is 2. The highest BCUT2D eigenvalue weighted by molar-refractivity contribution is 9.10. The molecule has 238 valence electrons. The maximum absolute atomic E-state index is 12.9. The van der Waals surface area contributed by atoms with Crippen molar-refractivity contribution in [3.63, 3.8) is 0 Å². The van der Waals surface area contributed by atoms with Gasteiger partial charge in [0.1, 0.15) is 30.0 Å². The van der Waals surface area contributed by atoms with Gasteiger partial charge < -0.3 is 33.4 Å². The molecule has 0 bridgehead atoms. The van der Waals surface area contributed by atoms with Gasteiger partial charge in [-0.2, -0.15) is 8.42 Å². The normalized spacial score (nSPS) is 24.9. The van der Waals surface area contributed by atoms with Crippen LogP contribution < -0.4 is 10.0 Å². The van der Waals surface area contributed by atoms with E-state index in [4.69, 9.17) is 32.3 Å². The molecule has 14 nitrogen and oxygen atoms in total. The average Bonchev–Trinajstić information content (AvgIpc) is 3.52. The fourth-order valence-electron chi connectivity index (χ4n) is 4.41. The molecule has 0 aromatic carbocycles. The number of furan rings is 1. The average molecular weight is 684 g/mol. The first-order valence-corrected chi connectivity index (χ1v) is 15.7. The summed E-state index contributed by atoms with van der Waals surface area (Å²) >= 11 is 3.12. The maximum Gasteiger partial charge on any atom is 0.408 e. The van der Waals surface area contributed by atoms with Gasteiger partial charge in [0.05, 0.1) is 19.3 Å². The molecule has 0 spiro atoms. The third kappa shape index (κ3) is 9.64. The molecular weight excluding hydrogens is 644 g/mol. The second-order valence-corrected chi connectivity index (χ2v) is 13.7. The predicted molar refractivity (Wildman–Crippen MR) is 149 cm³/mol. The minimum atomic E-state index is -4.61. The molecule has 3 rings (SSSR count). The van der Waals surface area contributed by atoms with Crippen LogP contribution in [-0.2, 0) is 43.0 Å². The Morgan fingerprint density at radius 1 is 1.12 bits per heavy atom. The minimum Gasteiger partial charge on any atom is -0.460 e. The van der Waals surface area contributed by atoms with Crippen molar-refractivity contribution in [1.82, 2.24) is 10.0 Å². The SMILES string of the molecule is CCC(C)C(NC(=O)OC(C)(C)C)C(=O)NS(=O)(=O)OCC1OC(CCOC(=O)c2ccc(Br)o2)C2OC(C)(C)OC12. The first-order valence-electron chi connectivity index (χ1n) is 13.5. The van der Waals surface area contributed by atoms with Crippen molar-refractivity contribution in [3.05, 3.63) is 22.6 Å². The number of ether oxygens (including phenoxy) is 5. The van der Waals surface area contributed by atoms with Crippen molar-refractivity contribution < 1.29 is 55.1 Å². The van der Waals surface area contributed by atoms with E-state index in [-0.39, 0.29) is 18.8 Å². The lowest BCUT2D eigenvalue weighted by Gasteiger charge is -2.26. The smallest absolute Gasteiger partial charge is 0.408 e. The Bertz CT molecular complexity index is 1230. The van der Waals surface area contributed by atoms with E-state index in [2.05, 4.69) is 21.2 Å². The van der Waals surface area contributed by atoms with Gasteiger partial charge >= 0.3 is 22.4 Å². The summed E-state index contributed by atoms with van der Waals surface area (Å²) in [5.74, 6) is -2.99. The summed E-state index contributed by atoms with van der Waals surface area (Å²) in [6.07, 6.45) is -2.93. The third-order valence-electron chi connectivity index (χ3n) is 6.44. The highest BCUT2D eigenvalue weighted by Crippen LogP contribution is 2.40. The van der Waals surface area contributed by atoms with Crippen LogP contribution in [0.15, 0.2) is 21.2 Å². The van der Waals surface area contributed by atoms with Crippen molar-refractivity contribution in [2.24, 2.45) is 5.92 Å². The molecule has 6 atom stereocenters. The van der Waals surface area contributed by atoms with Crippen molar-refractivity contribution >= 4 is 44.2 Å². The number of hydrogen-bond acceptors (Lipinski definition) is 12. The Morgan fingerprint density at radius 2 is 1.76 bits per heavy atom. The van der Waals surface area contributed by atoms with Crippen LogP contribution in [0.5, 0.6) is 0 Å². The van der Waals surface area contributed by atoms with E-state index < -0.39 is 82.6 Å². The number of alkyl carbamates (subject to hydrolysis) is 1. The number of carbonyl (C=O) groups excluding carboxylic acids is 3. The van der Waals surface area contributed by atoms with Crippen molar-refractivity contribution in [2.45, 2.75) is 103 Å². The molecule has 2 fully saturated rings. The summed E-state index contributed by atoms with van der Waals surface area (Å²) in [6, 6.07) is 1.84. The predicted octanol–water partition coefficient (Wildman–Crippen LogP) is 3.19. The van der Waals surface area contributed by atoms with Gasteiger partial charge in [-0.1, -0.05) is 20.3 Å². The van der Waals surface area contributed by atoms with E-state index in [1.807, 2.05) is 4.72 Å². The molecule has 6 unspecified atom stereocenters. The molecule has 3 heterocycles. The molecule has 0 radical (unpaired) electrons. The topological polar surface area (TPSA) is 178 Å². The van der Waals surface area contributed by atoms with E-state index in [0.29, 0.717) is 11.1 Å². The van der Waals surface area contributed by atoms with Crippen molar-refractivity contribution in [3.8, 4) is 0 Å².